The third-order valence-corrected chi connectivity index (χ3v) is 6.49. The highest BCUT2D eigenvalue weighted by atomic mass is 35.5. The summed E-state index contributed by atoms with van der Waals surface area (Å²) in [6, 6.07) is 11.4. The number of rotatable bonds is 4. The maximum absolute atomic E-state index is 11.9. The summed E-state index contributed by atoms with van der Waals surface area (Å²) in [5.74, 6) is 2.21. The minimum atomic E-state index is 0.0543. The maximum Gasteiger partial charge on any atom is 0.250 e. The van der Waals surface area contributed by atoms with E-state index in [0.29, 0.717) is 11.8 Å². The highest BCUT2D eigenvalue weighted by Gasteiger charge is 2.40. The van der Waals surface area contributed by atoms with E-state index in [2.05, 4.69) is 19.8 Å². The minimum Gasteiger partial charge on any atom is -0.355 e. The zero-order valence-electron chi connectivity index (χ0n) is 16.9. The average molecular weight is 422 g/mol. The Kier molecular flexibility index (Phi) is 5.05. The number of pyridine rings is 1. The number of aromatic nitrogens is 3. The Morgan fingerprint density at radius 1 is 1.00 bits per heavy atom. The molecule has 0 amide bonds. The van der Waals surface area contributed by atoms with Crippen molar-refractivity contribution in [2.24, 2.45) is 18.9 Å². The lowest BCUT2D eigenvalue weighted by Crippen LogP contribution is -2.29. The van der Waals surface area contributed by atoms with Crippen LogP contribution in [0.15, 0.2) is 59.8 Å². The zero-order chi connectivity index (χ0) is 20.7. The number of hydrogen-bond acceptors (Lipinski definition) is 5. The fourth-order valence-electron chi connectivity index (χ4n) is 4.61. The van der Waals surface area contributed by atoms with Gasteiger partial charge < -0.3 is 9.47 Å². The minimum absolute atomic E-state index is 0.0543. The van der Waals surface area contributed by atoms with E-state index in [-0.39, 0.29) is 5.56 Å². The number of halogens is 1. The van der Waals surface area contributed by atoms with Gasteiger partial charge in [0.2, 0.25) is 0 Å². The second-order valence-corrected chi connectivity index (χ2v) is 8.81. The topological polar surface area (TPSA) is 54.3 Å². The van der Waals surface area contributed by atoms with Gasteiger partial charge in [-0.3, -0.25) is 14.7 Å². The van der Waals surface area contributed by atoms with Gasteiger partial charge in [0.1, 0.15) is 5.82 Å². The number of anilines is 1. The van der Waals surface area contributed by atoms with Crippen LogP contribution in [0.5, 0.6) is 0 Å². The third kappa shape index (κ3) is 3.85. The summed E-state index contributed by atoms with van der Waals surface area (Å²) >= 11 is 5.96. The van der Waals surface area contributed by atoms with Gasteiger partial charge >= 0.3 is 0 Å². The van der Waals surface area contributed by atoms with Gasteiger partial charge in [0.25, 0.3) is 5.56 Å². The number of likely N-dealkylation sites (tertiary alicyclic amines) is 1. The fraction of sp³-hybridized carbons (Fsp3) is 0.348. The van der Waals surface area contributed by atoms with Gasteiger partial charge in [-0.05, 0) is 35.6 Å². The van der Waals surface area contributed by atoms with Crippen LogP contribution in [-0.4, -0.2) is 45.6 Å². The molecule has 0 radical (unpaired) electrons. The molecule has 2 atom stereocenters. The molecule has 2 aliphatic heterocycles. The van der Waals surface area contributed by atoms with Gasteiger partial charge in [-0.1, -0.05) is 23.7 Å². The molecule has 2 aliphatic rings. The first-order chi connectivity index (χ1) is 14.5. The summed E-state index contributed by atoms with van der Waals surface area (Å²) in [6.07, 6.45) is 5.57. The van der Waals surface area contributed by atoms with Gasteiger partial charge in [-0.25, -0.2) is 4.98 Å². The molecule has 2 unspecified atom stereocenters. The molecule has 6 nitrogen and oxygen atoms in total. The van der Waals surface area contributed by atoms with Crippen molar-refractivity contribution in [2.45, 2.75) is 6.54 Å². The number of hydrogen-bond donors (Lipinski definition) is 0. The van der Waals surface area contributed by atoms with Gasteiger partial charge in [-0.15, -0.1) is 0 Å². The van der Waals surface area contributed by atoms with E-state index in [9.17, 15) is 4.79 Å². The summed E-state index contributed by atoms with van der Waals surface area (Å²) in [5, 5.41) is 0.718. The van der Waals surface area contributed by atoms with Gasteiger partial charge in [0.15, 0.2) is 0 Å². The molecule has 0 saturated carbocycles. The number of nitrogens with zero attached hydrogens (tertiary/aromatic N) is 5. The van der Waals surface area contributed by atoms with E-state index < -0.39 is 0 Å². The largest absolute Gasteiger partial charge is 0.355 e. The van der Waals surface area contributed by atoms with Crippen LogP contribution in [0.4, 0.5) is 5.82 Å². The molecule has 4 heterocycles. The Morgan fingerprint density at radius 2 is 1.73 bits per heavy atom. The van der Waals surface area contributed by atoms with Crippen LogP contribution in [0.2, 0.25) is 5.02 Å². The molecule has 7 heteroatoms. The Balaban J connectivity index is 1.20. The Labute approximate surface area is 180 Å². The molecule has 0 bridgehead atoms. The smallest absolute Gasteiger partial charge is 0.250 e. The van der Waals surface area contributed by atoms with Crippen molar-refractivity contribution in [2.75, 3.05) is 31.1 Å². The van der Waals surface area contributed by atoms with E-state index in [1.165, 1.54) is 0 Å². The normalized spacial score (nSPS) is 21.2. The van der Waals surface area contributed by atoms with Crippen molar-refractivity contribution in [1.82, 2.24) is 19.4 Å². The van der Waals surface area contributed by atoms with Crippen LogP contribution in [-0.2, 0) is 13.6 Å². The van der Waals surface area contributed by atoms with Crippen molar-refractivity contribution in [1.29, 1.82) is 0 Å². The first kappa shape index (κ1) is 19.3. The molecule has 30 heavy (non-hydrogen) atoms. The monoisotopic (exact) mass is 421 g/mol. The highest BCUT2D eigenvalue weighted by molar-refractivity contribution is 6.30. The molecule has 0 N–H and O–H groups in total. The first-order valence-corrected chi connectivity index (χ1v) is 10.6. The Morgan fingerprint density at radius 3 is 2.37 bits per heavy atom. The van der Waals surface area contributed by atoms with Crippen molar-refractivity contribution in [3.8, 4) is 11.3 Å². The molecule has 1 aromatic carbocycles. The standard InChI is InChI=1S/C23H24ClN5O/c1-27-7-6-16(8-23(27)30)11-28-12-18-14-29(15-19(18)13-28)22-10-25-21(9-26-22)17-2-4-20(24)5-3-17/h2-10,18-19H,11-15H2,1H3. The average Bonchev–Trinajstić information content (AvgIpc) is 3.30. The predicted octanol–water partition coefficient (Wildman–Crippen LogP) is 3.06. The SMILES string of the molecule is Cn1ccc(CN2CC3CN(c4cnc(-c5ccc(Cl)cc5)cn4)CC3C2)cc1=O. The van der Waals surface area contributed by atoms with Crippen LogP contribution in [0.1, 0.15) is 5.56 Å². The van der Waals surface area contributed by atoms with E-state index in [1.54, 1.807) is 17.7 Å². The molecule has 0 spiro atoms. The second kappa shape index (κ2) is 7.85. The Bertz CT molecular complexity index is 1080. The van der Waals surface area contributed by atoms with E-state index in [4.69, 9.17) is 11.6 Å². The molecule has 0 aliphatic carbocycles. The number of fused-ring (bicyclic) bond motifs is 1. The van der Waals surface area contributed by atoms with Crippen LogP contribution in [0.25, 0.3) is 11.3 Å². The molecule has 5 rings (SSSR count). The Hall–Kier alpha value is -2.70. The van der Waals surface area contributed by atoms with Crippen molar-refractivity contribution in [3.05, 3.63) is 75.9 Å². The summed E-state index contributed by atoms with van der Waals surface area (Å²) < 4.78 is 1.61. The molecule has 3 aromatic rings. The lowest BCUT2D eigenvalue weighted by Gasteiger charge is -2.22. The van der Waals surface area contributed by atoms with E-state index in [1.807, 2.05) is 48.9 Å². The van der Waals surface area contributed by atoms with Crippen LogP contribution >= 0.6 is 11.6 Å². The first-order valence-electron chi connectivity index (χ1n) is 10.3. The molecule has 2 aromatic heterocycles. The summed E-state index contributed by atoms with van der Waals surface area (Å²) in [7, 11) is 1.78. The van der Waals surface area contributed by atoms with Crippen LogP contribution in [0.3, 0.4) is 0 Å². The van der Waals surface area contributed by atoms with Crippen molar-refractivity contribution >= 4 is 17.4 Å². The van der Waals surface area contributed by atoms with Gasteiger partial charge in [0, 0.05) is 62.6 Å². The second-order valence-electron chi connectivity index (χ2n) is 8.37. The van der Waals surface area contributed by atoms with Gasteiger partial charge in [-0.2, -0.15) is 0 Å². The quantitative estimate of drug-likeness (QED) is 0.648. The summed E-state index contributed by atoms with van der Waals surface area (Å²) in [5.41, 5.74) is 3.02. The number of aryl methyl sites for hydroxylation is 1. The van der Waals surface area contributed by atoms with Crippen LogP contribution < -0.4 is 10.5 Å². The molecule has 154 valence electrons. The third-order valence-electron chi connectivity index (χ3n) is 6.24. The van der Waals surface area contributed by atoms with Crippen LogP contribution in [0, 0.1) is 11.8 Å². The van der Waals surface area contributed by atoms with E-state index >= 15 is 0 Å². The lowest BCUT2D eigenvalue weighted by molar-refractivity contribution is 0.308. The predicted molar refractivity (Wildman–Crippen MR) is 119 cm³/mol. The lowest BCUT2D eigenvalue weighted by atomic mass is 10.0. The molecular weight excluding hydrogens is 398 g/mol. The van der Waals surface area contributed by atoms with Crippen molar-refractivity contribution < 1.29 is 0 Å². The maximum atomic E-state index is 11.9. The number of benzene rings is 1. The zero-order valence-corrected chi connectivity index (χ0v) is 17.7. The summed E-state index contributed by atoms with van der Waals surface area (Å²) in [6.45, 7) is 4.98. The van der Waals surface area contributed by atoms with E-state index in [0.717, 1.165) is 60.4 Å². The highest BCUT2D eigenvalue weighted by Crippen LogP contribution is 2.34. The van der Waals surface area contributed by atoms with Crippen molar-refractivity contribution in [3.63, 3.8) is 0 Å². The molecular formula is C23H24ClN5O. The molecule has 2 saturated heterocycles. The summed E-state index contributed by atoms with van der Waals surface area (Å²) in [4.78, 5) is 26.0. The fourth-order valence-corrected chi connectivity index (χ4v) is 4.73. The van der Waals surface area contributed by atoms with Gasteiger partial charge in [0.05, 0.1) is 18.1 Å². The molecule has 2 fully saturated rings.